The number of carbonyl (C=O) groups excluding carboxylic acids is 2. The standard InChI is InChI=1S/C16H19Cl2NO3/c17-12-7-13(18)9-14(8-12)19-15(20)10-22-16(21)6-5-11-3-1-2-4-11/h7-9,11H,1-6,10H2,(H,19,20). The van der Waals surface area contributed by atoms with E-state index >= 15 is 0 Å². The zero-order valence-corrected chi connectivity index (χ0v) is 13.8. The molecule has 120 valence electrons. The number of anilines is 1. The van der Waals surface area contributed by atoms with Gasteiger partial charge in [-0.3, -0.25) is 9.59 Å². The predicted octanol–water partition coefficient (Wildman–Crippen LogP) is 4.45. The molecule has 2 rings (SSSR count). The van der Waals surface area contributed by atoms with Gasteiger partial charge in [-0.2, -0.15) is 0 Å². The number of benzene rings is 1. The Bertz CT molecular complexity index is 522. The molecule has 0 saturated heterocycles. The average Bonchev–Trinajstić information content (AvgIpc) is 2.95. The Morgan fingerprint density at radius 2 is 1.77 bits per heavy atom. The van der Waals surface area contributed by atoms with Crippen molar-refractivity contribution in [3.05, 3.63) is 28.2 Å². The fourth-order valence-corrected chi connectivity index (χ4v) is 3.19. The summed E-state index contributed by atoms with van der Waals surface area (Å²) in [4.78, 5) is 23.3. The second kappa shape index (κ2) is 8.39. The van der Waals surface area contributed by atoms with Crippen LogP contribution in [0.3, 0.4) is 0 Å². The van der Waals surface area contributed by atoms with Crippen LogP contribution in [-0.4, -0.2) is 18.5 Å². The van der Waals surface area contributed by atoms with Crippen LogP contribution in [0, 0.1) is 5.92 Å². The second-order valence-electron chi connectivity index (χ2n) is 5.56. The number of hydrogen-bond acceptors (Lipinski definition) is 3. The van der Waals surface area contributed by atoms with Gasteiger partial charge >= 0.3 is 5.97 Å². The lowest BCUT2D eigenvalue weighted by Crippen LogP contribution is -2.21. The Morgan fingerprint density at radius 3 is 2.41 bits per heavy atom. The van der Waals surface area contributed by atoms with Gasteiger partial charge in [-0.15, -0.1) is 0 Å². The molecule has 0 spiro atoms. The minimum absolute atomic E-state index is 0.298. The van der Waals surface area contributed by atoms with E-state index < -0.39 is 5.91 Å². The summed E-state index contributed by atoms with van der Waals surface area (Å²) < 4.78 is 4.98. The average molecular weight is 344 g/mol. The maximum absolute atomic E-state index is 11.7. The maximum Gasteiger partial charge on any atom is 0.306 e. The number of hydrogen-bond donors (Lipinski definition) is 1. The first-order valence-corrected chi connectivity index (χ1v) is 8.20. The van der Waals surface area contributed by atoms with Gasteiger partial charge < -0.3 is 10.1 Å². The molecule has 22 heavy (non-hydrogen) atoms. The van der Waals surface area contributed by atoms with Crippen molar-refractivity contribution in [2.24, 2.45) is 5.92 Å². The highest BCUT2D eigenvalue weighted by Crippen LogP contribution is 2.28. The summed E-state index contributed by atoms with van der Waals surface area (Å²) in [6, 6.07) is 4.72. The van der Waals surface area contributed by atoms with Crippen LogP contribution in [0.4, 0.5) is 5.69 Å². The molecule has 1 amide bonds. The van der Waals surface area contributed by atoms with Crippen LogP contribution in [0.15, 0.2) is 18.2 Å². The molecule has 0 atom stereocenters. The monoisotopic (exact) mass is 343 g/mol. The zero-order valence-electron chi connectivity index (χ0n) is 12.2. The minimum atomic E-state index is -0.410. The van der Waals surface area contributed by atoms with Crippen LogP contribution in [0.5, 0.6) is 0 Å². The lowest BCUT2D eigenvalue weighted by atomic mass is 10.0. The number of rotatable bonds is 6. The summed E-state index contributed by atoms with van der Waals surface area (Å²) >= 11 is 11.7. The van der Waals surface area contributed by atoms with Crippen molar-refractivity contribution < 1.29 is 14.3 Å². The van der Waals surface area contributed by atoms with E-state index in [9.17, 15) is 9.59 Å². The zero-order chi connectivity index (χ0) is 15.9. The molecule has 1 N–H and O–H groups in total. The second-order valence-corrected chi connectivity index (χ2v) is 6.43. The summed E-state index contributed by atoms with van der Waals surface area (Å²) in [7, 11) is 0. The lowest BCUT2D eigenvalue weighted by Gasteiger charge is -2.09. The number of ether oxygens (including phenoxy) is 1. The van der Waals surface area contributed by atoms with Crippen molar-refractivity contribution in [2.45, 2.75) is 38.5 Å². The third-order valence-corrected chi connectivity index (χ3v) is 4.18. The van der Waals surface area contributed by atoms with E-state index in [1.165, 1.54) is 25.7 Å². The maximum atomic E-state index is 11.7. The number of amides is 1. The topological polar surface area (TPSA) is 55.4 Å². The normalized spacial score (nSPS) is 14.8. The van der Waals surface area contributed by atoms with Crippen molar-refractivity contribution in [2.75, 3.05) is 11.9 Å². The highest BCUT2D eigenvalue weighted by Gasteiger charge is 2.17. The molecule has 1 aliphatic carbocycles. The van der Waals surface area contributed by atoms with Crippen molar-refractivity contribution in [3.63, 3.8) is 0 Å². The molecule has 0 aromatic heterocycles. The van der Waals surface area contributed by atoms with E-state index in [1.807, 2.05) is 0 Å². The lowest BCUT2D eigenvalue weighted by molar-refractivity contribution is -0.147. The molecule has 1 saturated carbocycles. The van der Waals surface area contributed by atoms with Gasteiger partial charge in [-0.25, -0.2) is 0 Å². The third kappa shape index (κ3) is 5.85. The summed E-state index contributed by atoms with van der Waals surface area (Å²) in [5, 5.41) is 3.45. The molecular formula is C16H19Cl2NO3. The van der Waals surface area contributed by atoms with Gasteiger partial charge in [-0.05, 0) is 30.5 Å². The number of halogens is 2. The summed E-state index contributed by atoms with van der Waals surface area (Å²) in [5.41, 5.74) is 0.476. The van der Waals surface area contributed by atoms with E-state index in [2.05, 4.69) is 5.32 Å². The molecule has 1 aliphatic rings. The van der Waals surface area contributed by atoms with Gasteiger partial charge in [0, 0.05) is 22.2 Å². The van der Waals surface area contributed by atoms with Crippen LogP contribution in [0.25, 0.3) is 0 Å². The molecule has 1 aromatic carbocycles. The van der Waals surface area contributed by atoms with Crippen molar-refractivity contribution in [1.82, 2.24) is 0 Å². The van der Waals surface area contributed by atoms with Crippen molar-refractivity contribution in [1.29, 1.82) is 0 Å². The van der Waals surface area contributed by atoms with E-state index in [1.54, 1.807) is 18.2 Å². The van der Waals surface area contributed by atoms with Gasteiger partial charge in [-0.1, -0.05) is 48.9 Å². The van der Waals surface area contributed by atoms with Crippen molar-refractivity contribution >= 4 is 40.8 Å². The third-order valence-electron chi connectivity index (χ3n) is 3.74. The van der Waals surface area contributed by atoms with E-state index in [0.717, 1.165) is 6.42 Å². The van der Waals surface area contributed by atoms with E-state index in [0.29, 0.717) is 28.1 Å². The Morgan fingerprint density at radius 1 is 1.14 bits per heavy atom. The van der Waals surface area contributed by atoms with Crippen LogP contribution < -0.4 is 5.32 Å². The fourth-order valence-electron chi connectivity index (χ4n) is 2.66. The van der Waals surface area contributed by atoms with Crippen LogP contribution in [0.2, 0.25) is 10.0 Å². The molecule has 0 heterocycles. The van der Waals surface area contributed by atoms with E-state index in [-0.39, 0.29) is 12.6 Å². The Balaban J connectivity index is 1.69. The summed E-state index contributed by atoms with van der Waals surface area (Å²) in [6.07, 6.45) is 6.13. The van der Waals surface area contributed by atoms with Gasteiger partial charge in [0.15, 0.2) is 6.61 Å². The smallest absolute Gasteiger partial charge is 0.306 e. The van der Waals surface area contributed by atoms with E-state index in [4.69, 9.17) is 27.9 Å². The first kappa shape index (κ1) is 17.1. The predicted molar refractivity (Wildman–Crippen MR) is 87.2 cm³/mol. The first-order valence-electron chi connectivity index (χ1n) is 7.44. The molecule has 0 aliphatic heterocycles. The molecule has 0 unspecified atom stereocenters. The molecular weight excluding hydrogens is 325 g/mol. The highest BCUT2D eigenvalue weighted by atomic mass is 35.5. The van der Waals surface area contributed by atoms with Gasteiger partial charge in [0.2, 0.25) is 0 Å². The summed E-state index contributed by atoms with van der Waals surface area (Å²) in [6.45, 7) is -0.298. The molecule has 4 nitrogen and oxygen atoms in total. The van der Waals surface area contributed by atoms with Gasteiger partial charge in [0.1, 0.15) is 0 Å². The fraction of sp³-hybridized carbons (Fsp3) is 0.500. The molecule has 0 radical (unpaired) electrons. The van der Waals surface area contributed by atoms with Crippen LogP contribution >= 0.6 is 23.2 Å². The molecule has 6 heteroatoms. The molecule has 1 aromatic rings. The number of carbonyl (C=O) groups is 2. The first-order chi connectivity index (χ1) is 10.5. The number of nitrogens with one attached hydrogen (secondary N) is 1. The Kier molecular flexibility index (Phi) is 6.52. The summed E-state index contributed by atoms with van der Waals surface area (Å²) in [5.74, 6) is -0.103. The Hall–Kier alpha value is -1.26. The Labute approximate surface area is 140 Å². The number of esters is 1. The van der Waals surface area contributed by atoms with Gasteiger partial charge in [0.05, 0.1) is 0 Å². The largest absolute Gasteiger partial charge is 0.456 e. The SMILES string of the molecule is O=C(COC(=O)CCC1CCCC1)Nc1cc(Cl)cc(Cl)c1. The van der Waals surface area contributed by atoms with Crippen LogP contribution in [-0.2, 0) is 14.3 Å². The molecule has 1 fully saturated rings. The highest BCUT2D eigenvalue weighted by molar-refractivity contribution is 6.35. The van der Waals surface area contributed by atoms with Crippen molar-refractivity contribution in [3.8, 4) is 0 Å². The molecule has 0 bridgehead atoms. The van der Waals surface area contributed by atoms with Gasteiger partial charge in [0.25, 0.3) is 5.91 Å². The van der Waals surface area contributed by atoms with Crippen LogP contribution in [0.1, 0.15) is 38.5 Å². The quantitative estimate of drug-likeness (QED) is 0.776. The minimum Gasteiger partial charge on any atom is -0.456 e.